The van der Waals surface area contributed by atoms with Gasteiger partial charge >= 0.3 is 0 Å². The fraction of sp³-hybridized carbons (Fsp3) is 0.647. The minimum absolute atomic E-state index is 0.338. The van der Waals surface area contributed by atoms with Crippen molar-refractivity contribution in [1.82, 2.24) is 5.32 Å². The van der Waals surface area contributed by atoms with Crippen molar-refractivity contribution >= 4 is 0 Å². The first-order chi connectivity index (χ1) is 8.58. The van der Waals surface area contributed by atoms with E-state index in [9.17, 15) is 0 Å². The van der Waals surface area contributed by atoms with E-state index in [0.29, 0.717) is 17.5 Å². The Balaban J connectivity index is 2.20. The van der Waals surface area contributed by atoms with Gasteiger partial charge in [0, 0.05) is 12.1 Å². The van der Waals surface area contributed by atoms with Crippen molar-refractivity contribution in [3.8, 4) is 0 Å². The first-order valence-electron chi connectivity index (χ1n) is 7.42. The van der Waals surface area contributed by atoms with Gasteiger partial charge in [-0.05, 0) is 35.8 Å². The standard InChI is InChI=1S/C17H27N/c1-5-9-14(6-2)18-16-15-11-8-7-10-13(15)12-17(16,3)4/h7-8,10-11,14,16,18H,5-6,9,12H2,1-4H3. The van der Waals surface area contributed by atoms with Gasteiger partial charge in [-0.2, -0.15) is 0 Å². The molecular weight excluding hydrogens is 218 g/mol. The van der Waals surface area contributed by atoms with Crippen LogP contribution >= 0.6 is 0 Å². The molecule has 1 nitrogen and oxygen atoms in total. The van der Waals surface area contributed by atoms with Crippen LogP contribution in [0.5, 0.6) is 0 Å². The van der Waals surface area contributed by atoms with E-state index in [1.165, 1.54) is 36.8 Å². The molecule has 0 saturated heterocycles. The summed E-state index contributed by atoms with van der Waals surface area (Å²) in [6.45, 7) is 9.35. The van der Waals surface area contributed by atoms with Crippen molar-refractivity contribution in [3.63, 3.8) is 0 Å². The second-order valence-corrected chi connectivity index (χ2v) is 6.36. The van der Waals surface area contributed by atoms with Crippen LogP contribution < -0.4 is 5.32 Å². The summed E-state index contributed by atoms with van der Waals surface area (Å²) in [4.78, 5) is 0. The SMILES string of the molecule is CCCC(CC)NC1c2ccccc2CC1(C)C. The topological polar surface area (TPSA) is 12.0 Å². The Kier molecular flexibility index (Phi) is 4.11. The Hall–Kier alpha value is -0.820. The molecule has 0 aliphatic heterocycles. The van der Waals surface area contributed by atoms with Crippen LogP contribution in [0.3, 0.4) is 0 Å². The number of fused-ring (bicyclic) bond motifs is 1. The number of rotatable bonds is 5. The normalized spacial score (nSPS) is 22.8. The molecule has 2 unspecified atom stereocenters. The summed E-state index contributed by atoms with van der Waals surface area (Å²) in [5.74, 6) is 0. The Bertz CT molecular complexity index is 394. The van der Waals surface area contributed by atoms with Crippen LogP contribution in [0.25, 0.3) is 0 Å². The zero-order valence-electron chi connectivity index (χ0n) is 12.3. The molecule has 1 aromatic rings. The van der Waals surface area contributed by atoms with Crippen LogP contribution in [-0.4, -0.2) is 6.04 Å². The highest BCUT2D eigenvalue weighted by molar-refractivity contribution is 5.37. The lowest BCUT2D eigenvalue weighted by molar-refractivity contribution is 0.240. The molecule has 0 radical (unpaired) electrons. The monoisotopic (exact) mass is 245 g/mol. The lowest BCUT2D eigenvalue weighted by Crippen LogP contribution is -2.38. The van der Waals surface area contributed by atoms with Gasteiger partial charge in [-0.3, -0.25) is 0 Å². The summed E-state index contributed by atoms with van der Waals surface area (Å²) in [5, 5.41) is 3.91. The van der Waals surface area contributed by atoms with Gasteiger partial charge in [-0.25, -0.2) is 0 Å². The smallest absolute Gasteiger partial charge is 0.0379 e. The molecule has 0 aromatic heterocycles. The van der Waals surface area contributed by atoms with Crippen molar-refractivity contribution in [2.24, 2.45) is 5.41 Å². The van der Waals surface area contributed by atoms with Gasteiger partial charge in [0.1, 0.15) is 0 Å². The fourth-order valence-corrected chi connectivity index (χ4v) is 3.30. The van der Waals surface area contributed by atoms with E-state index < -0.39 is 0 Å². The second kappa shape index (κ2) is 5.44. The van der Waals surface area contributed by atoms with Gasteiger partial charge in [0.05, 0.1) is 0 Å². The van der Waals surface area contributed by atoms with Gasteiger partial charge in [0.2, 0.25) is 0 Å². The van der Waals surface area contributed by atoms with Crippen LogP contribution in [0.1, 0.15) is 64.1 Å². The first-order valence-corrected chi connectivity index (χ1v) is 7.42. The molecule has 0 spiro atoms. The minimum atomic E-state index is 0.338. The molecular formula is C17H27N. The molecule has 0 bridgehead atoms. The van der Waals surface area contributed by atoms with Crippen molar-refractivity contribution in [2.45, 2.75) is 65.5 Å². The predicted molar refractivity (Wildman–Crippen MR) is 78.8 cm³/mol. The molecule has 0 fully saturated rings. The van der Waals surface area contributed by atoms with E-state index in [0.717, 1.165) is 0 Å². The maximum Gasteiger partial charge on any atom is 0.0379 e. The number of benzene rings is 1. The van der Waals surface area contributed by atoms with Gasteiger partial charge in [-0.1, -0.05) is 58.4 Å². The lowest BCUT2D eigenvalue weighted by Gasteiger charge is -2.32. The molecule has 100 valence electrons. The molecule has 1 heteroatoms. The van der Waals surface area contributed by atoms with E-state index in [1.807, 2.05) is 0 Å². The van der Waals surface area contributed by atoms with Crippen molar-refractivity contribution in [2.75, 3.05) is 0 Å². The van der Waals surface area contributed by atoms with Gasteiger partial charge in [0.25, 0.3) is 0 Å². The Morgan fingerprint density at radius 1 is 1.28 bits per heavy atom. The minimum Gasteiger partial charge on any atom is -0.307 e. The van der Waals surface area contributed by atoms with Crippen LogP contribution in [0, 0.1) is 5.41 Å². The zero-order valence-corrected chi connectivity index (χ0v) is 12.3. The summed E-state index contributed by atoms with van der Waals surface area (Å²) in [5.41, 5.74) is 3.40. The molecule has 2 atom stereocenters. The fourth-order valence-electron chi connectivity index (χ4n) is 3.30. The van der Waals surface area contributed by atoms with Crippen molar-refractivity contribution < 1.29 is 0 Å². The van der Waals surface area contributed by atoms with E-state index >= 15 is 0 Å². The average molecular weight is 245 g/mol. The maximum absolute atomic E-state index is 3.91. The number of hydrogen-bond donors (Lipinski definition) is 1. The summed E-state index contributed by atoms with van der Waals surface area (Å²) < 4.78 is 0. The summed E-state index contributed by atoms with van der Waals surface area (Å²) in [7, 11) is 0. The number of hydrogen-bond acceptors (Lipinski definition) is 1. The number of nitrogens with one attached hydrogen (secondary N) is 1. The Labute approximate surface area is 112 Å². The van der Waals surface area contributed by atoms with Crippen molar-refractivity contribution in [3.05, 3.63) is 35.4 Å². The van der Waals surface area contributed by atoms with Gasteiger partial charge < -0.3 is 5.32 Å². The molecule has 1 aromatic carbocycles. The zero-order chi connectivity index (χ0) is 13.2. The molecule has 1 N–H and O–H groups in total. The van der Waals surface area contributed by atoms with Crippen LogP contribution in [0.4, 0.5) is 0 Å². The largest absolute Gasteiger partial charge is 0.307 e. The van der Waals surface area contributed by atoms with E-state index in [2.05, 4.69) is 57.3 Å². The van der Waals surface area contributed by atoms with Gasteiger partial charge in [-0.15, -0.1) is 0 Å². The summed E-state index contributed by atoms with van der Waals surface area (Å²) >= 11 is 0. The second-order valence-electron chi connectivity index (χ2n) is 6.36. The van der Waals surface area contributed by atoms with Crippen molar-refractivity contribution in [1.29, 1.82) is 0 Å². The van der Waals surface area contributed by atoms with E-state index in [4.69, 9.17) is 0 Å². The summed E-state index contributed by atoms with van der Waals surface area (Å²) in [6.07, 6.45) is 4.97. The van der Waals surface area contributed by atoms with E-state index in [-0.39, 0.29) is 0 Å². The molecule has 0 amide bonds. The highest BCUT2D eigenvalue weighted by Gasteiger charge is 2.39. The highest BCUT2D eigenvalue weighted by Crippen LogP contribution is 2.45. The molecule has 2 rings (SSSR count). The van der Waals surface area contributed by atoms with E-state index in [1.54, 1.807) is 0 Å². The quantitative estimate of drug-likeness (QED) is 0.806. The molecule has 0 saturated carbocycles. The first kappa shape index (κ1) is 13.6. The Morgan fingerprint density at radius 2 is 2.00 bits per heavy atom. The third-order valence-corrected chi connectivity index (χ3v) is 4.33. The third kappa shape index (κ3) is 2.61. The highest BCUT2D eigenvalue weighted by atomic mass is 15.0. The third-order valence-electron chi connectivity index (χ3n) is 4.33. The van der Waals surface area contributed by atoms with Crippen LogP contribution in [-0.2, 0) is 6.42 Å². The Morgan fingerprint density at radius 3 is 2.67 bits per heavy atom. The molecule has 1 aliphatic rings. The molecule has 1 aliphatic carbocycles. The maximum atomic E-state index is 3.91. The predicted octanol–water partition coefficient (Wildman–Crippen LogP) is 4.48. The molecule has 18 heavy (non-hydrogen) atoms. The van der Waals surface area contributed by atoms with Crippen LogP contribution in [0.2, 0.25) is 0 Å². The van der Waals surface area contributed by atoms with Gasteiger partial charge in [0.15, 0.2) is 0 Å². The molecule has 0 heterocycles. The summed E-state index contributed by atoms with van der Waals surface area (Å²) in [6, 6.07) is 10.1. The lowest BCUT2D eigenvalue weighted by atomic mass is 9.84. The van der Waals surface area contributed by atoms with Crippen LogP contribution in [0.15, 0.2) is 24.3 Å². The average Bonchev–Trinajstić information content (AvgIpc) is 2.59.